The zero-order valence-electron chi connectivity index (χ0n) is 16.1. The Hall–Kier alpha value is -2.53. The highest BCUT2D eigenvalue weighted by molar-refractivity contribution is 6.32. The Morgan fingerprint density at radius 2 is 1.96 bits per heavy atom. The average Bonchev–Trinajstić information content (AvgIpc) is 2.63. The number of nitrogens with zero attached hydrogens (tertiary/aromatic N) is 1. The molecule has 2 aromatic rings. The van der Waals surface area contributed by atoms with Crippen LogP contribution in [0.15, 0.2) is 36.4 Å². The lowest BCUT2D eigenvalue weighted by Gasteiger charge is -2.22. The second kappa shape index (κ2) is 9.42. The van der Waals surface area contributed by atoms with Crippen LogP contribution in [0, 0.1) is 6.92 Å². The molecule has 0 aromatic heterocycles. The second-order valence-electron chi connectivity index (χ2n) is 6.25. The van der Waals surface area contributed by atoms with Crippen LogP contribution in [-0.4, -0.2) is 25.5 Å². The fourth-order valence-corrected chi connectivity index (χ4v) is 3.16. The first-order chi connectivity index (χ1) is 12.9. The van der Waals surface area contributed by atoms with Gasteiger partial charge in [-0.25, -0.2) is 0 Å². The molecule has 0 aliphatic rings. The molecule has 0 heterocycles. The molecule has 0 unspecified atom stereocenters. The summed E-state index contributed by atoms with van der Waals surface area (Å²) < 4.78 is 5.14. The minimum absolute atomic E-state index is 0.134. The molecule has 2 rings (SSSR count). The zero-order chi connectivity index (χ0) is 20.0. The van der Waals surface area contributed by atoms with Crippen molar-refractivity contribution in [1.29, 1.82) is 0 Å². The Morgan fingerprint density at radius 1 is 1.22 bits per heavy atom. The number of aryl methyl sites for hydroxylation is 2. The van der Waals surface area contributed by atoms with E-state index in [0.717, 1.165) is 23.2 Å². The minimum atomic E-state index is -0.158. The van der Waals surface area contributed by atoms with Gasteiger partial charge in [-0.1, -0.05) is 36.7 Å². The molecule has 27 heavy (non-hydrogen) atoms. The second-order valence-corrected chi connectivity index (χ2v) is 6.66. The number of methoxy groups -OCH3 is 1. The summed E-state index contributed by atoms with van der Waals surface area (Å²) in [5.41, 5.74) is 3.60. The molecule has 5 nitrogen and oxygen atoms in total. The Labute approximate surface area is 165 Å². The number of halogens is 1. The van der Waals surface area contributed by atoms with Crippen molar-refractivity contribution in [3.8, 4) is 5.75 Å². The van der Waals surface area contributed by atoms with Crippen molar-refractivity contribution >= 4 is 34.8 Å². The van der Waals surface area contributed by atoms with Gasteiger partial charge in [-0.2, -0.15) is 0 Å². The molecule has 144 valence electrons. The summed E-state index contributed by atoms with van der Waals surface area (Å²) in [6, 6.07) is 11.1. The third kappa shape index (κ3) is 5.23. The molecular weight excluding hydrogens is 364 g/mol. The number of nitrogens with one attached hydrogen (secondary N) is 1. The molecule has 6 heteroatoms. The van der Waals surface area contributed by atoms with E-state index < -0.39 is 0 Å². The Morgan fingerprint density at radius 3 is 2.56 bits per heavy atom. The molecule has 0 radical (unpaired) electrons. The van der Waals surface area contributed by atoms with E-state index in [-0.39, 0.29) is 24.8 Å². The Bertz CT molecular complexity index is 836. The molecule has 0 atom stereocenters. The van der Waals surface area contributed by atoms with E-state index in [2.05, 4.69) is 12.2 Å². The molecule has 0 saturated heterocycles. The number of hydrogen-bond donors (Lipinski definition) is 1. The van der Waals surface area contributed by atoms with Crippen LogP contribution >= 0.6 is 11.6 Å². The van der Waals surface area contributed by atoms with Gasteiger partial charge in [-0.05, 0) is 42.7 Å². The third-order valence-corrected chi connectivity index (χ3v) is 4.69. The maximum Gasteiger partial charge on any atom is 0.226 e. The summed E-state index contributed by atoms with van der Waals surface area (Å²) in [6.45, 7) is 5.75. The summed E-state index contributed by atoms with van der Waals surface area (Å²) in [5.74, 6) is 0.243. The van der Waals surface area contributed by atoms with Gasteiger partial charge in [-0.15, -0.1) is 0 Å². The van der Waals surface area contributed by atoms with Crippen LogP contribution in [0.2, 0.25) is 5.02 Å². The molecule has 1 N–H and O–H groups in total. The molecular formula is C21H25ClN2O3. The van der Waals surface area contributed by atoms with Crippen molar-refractivity contribution in [3.05, 3.63) is 52.5 Å². The molecule has 0 bridgehead atoms. The number of anilines is 2. The number of hydrogen-bond acceptors (Lipinski definition) is 3. The number of benzene rings is 2. The summed E-state index contributed by atoms with van der Waals surface area (Å²) in [6.07, 6.45) is 1.02. The van der Waals surface area contributed by atoms with E-state index >= 15 is 0 Å². The Balaban J connectivity index is 2.09. The quantitative estimate of drug-likeness (QED) is 0.754. The number of amides is 2. The number of ether oxygens (including phenoxy) is 1. The van der Waals surface area contributed by atoms with E-state index in [1.54, 1.807) is 18.2 Å². The molecule has 0 spiro atoms. The van der Waals surface area contributed by atoms with Crippen LogP contribution in [0.4, 0.5) is 11.4 Å². The van der Waals surface area contributed by atoms with Crippen molar-refractivity contribution < 1.29 is 14.3 Å². The largest absolute Gasteiger partial charge is 0.495 e. The summed E-state index contributed by atoms with van der Waals surface area (Å²) in [4.78, 5) is 26.1. The molecule has 0 aliphatic heterocycles. The topological polar surface area (TPSA) is 58.6 Å². The molecule has 0 saturated carbocycles. The Kier molecular flexibility index (Phi) is 7.25. The van der Waals surface area contributed by atoms with Crippen LogP contribution in [0.3, 0.4) is 0 Å². The third-order valence-electron chi connectivity index (χ3n) is 4.39. The van der Waals surface area contributed by atoms with Gasteiger partial charge >= 0.3 is 0 Å². The van der Waals surface area contributed by atoms with Crippen LogP contribution in [0.5, 0.6) is 5.75 Å². The first-order valence-electron chi connectivity index (χ1n) is 8.87. The standard InChI is InChI=1S/C21H25ClN2O3/c1-5-16-8-6-7-14(2)21(16)23-20(26)11-12-24(15(3)25)17-9-10-19(27-4)18(22)13-17/h6-10,13H,5,11-12H2,1-4H3,(H,23,26). The zero-order valence-corrected chi connectivity index (χ0v) is 16.9. The predicted molar refractivity (Wildman–Crippen MR) is 110 cm³/mol. The minimum Gasteiger partial charge on any atom is -0.495 e. The van der Waals surface area contributed by atoms with Gasteiger partial charge in [0.05, 0.1) is 12.1 Å². The summed E-state index contributed by atoms with van der Waals surface area (Å²) >= 11 is 6.16. The van der Waals surface area contributed by atoms with Crippen LogP contribution < -0.4 is 15.0 Å². The van der Waals surface area contributed by atoms with Crippen LogP contribution in [0.1, 0.15) is 31.4 Å². The SMILES string of the molecule is CCc1cccc(C)c1NC(=O)CCN(C(C)=O)c1ccc(OC)c(Cl)c1. The van der Waals surface area contributed by atoms with Gasteiger partial charge in [0.15, 0.2) is 0 Å². The van der Waals surface area contributed by atoms with Gasteiger partial charge in [0.1, 0.15) is 5.75 Å². The van der Waals surface area contributed by atoms with E-state index in [4.69, 9.17) is 16.3 Å². The predicted octanol–water partition coefficient (Wildman–Crippen LogP) is 4.60. The van der Waals surface area contributed by atoms with Crippen LogP contribution in [0.25, 0.3) is 0 Å². The first-order valence-corrected chi connectivity index (χ1v) is 9.25. The lowest BCUT2D eigenvalue weighted by atomic mass is 10.1. The van der Waals surface area contributed by atoms with Crippen molar-refractivity contribution in [1.82, 2.24) is 0 Å². The number of carbonyl (C=O) groups is 2. The molecule has 2 amide bonds. The molecule has 2 aromatic carbocycles. The van der Waals surface area contributed by atoms with E-state index in [1.165, 1.54) is 18.9 Å². The highest BCUT2D eigenvalue weighted by Gasteiger charge is 2.16. The summed E-state index contributed by atoms with van der Waals surface area (Å²) in [5, 5.41) is 3.40. The van der Waals surface area contributed by atoms with Crippen LogP contribution in [-0.2, 0) is 16.0 Å². The normalized spacial score (nSPS) is 10.4. The molecule has 0 fully saturated rings. The van der Waals surface area contributed by atoms with Gasteiger partial charge in [0, 0.05) is 31.3 Å². The molecule has 0 aliphatic carbocycles. The van der Waals surface area contributed by atoms with Gasteiger partial charge in [-0.3, -0.25) is 9.59 Å². The smallest absolute Gasteiger partial charge is 0.226 e. The first kappa shape index (κ1) is 20.8. The van der Waals surface area contributed by atoms with E-state index in [9.17, 15) is 9.59 Å². The van der Waals surface area contributed by atoms with Crippen molar-refractivity contribution in [2.24, 2.45) is 0 Å². The average molecular weight is 389 g/mol. The lowest BCUT2D eigenvalue weighted by Crippen LogP contribution is -2.32. The van der Waals surface area contributed by atoms with Crippen molar-refractivity contribution in [3.63, 3.8) is 0 Å². The highest BCUT2D eigenvalue weighted by atomic mass is 35.5. The number of carbonyl (C=O) groups excluding carboxylic acids is 2. The number of rotatable bonds is 7. The maximum absolute atomic E-state index is 12.5. The maximum atomic E-state index is 12.5. The van der Waals surface area contributed by atoms with Gasteiger partial charge < -0.3 is 15.0 Å². The van der Waals surface area contributed by atoms with E-state index in [1.807, 2.05) is 25.1 Å². The van der Waals surface area contributed by atoms with Gasteiger partial charge in [0.25, 0.3) is 0 Å². The monoisotopic (exact) mass is 388 g/mol. The fraction of sp³-hybridized carbons (Fsp3) is 0.333. The van der Waals surface area contributed by atoms with E-state index in [0.29, 0.717) is 16.5 Å². The van der Waals surface area contributed by atoms with Crippen molar-refractivity contribution in [2.75, 3.05) is 23.9 Å². The summed E-state index contributed by atoms with van der Waals surface area (Å²) in [7, 11) is 1.53. The van der Waals surface area contributed by atoms with Crippen molar-refractivity contribution in [2.45, 2.75) is 33.6 Å². The highest BCUT2D eigenvalue weighted by Crippen LogP contribution is 2.29. The van der Waals surface area contributed by atoms with Gasteiger partial charge in [0.2, 0.25) is 11.8 Å². The number of para-hydroxylation sites is 1. The fourth-order valence-electron chi connectivity index (χ4n) is 2.91. The lowest BCUT2D eigenvalue weighted by molar-refractivity contribution is -0.117.